The average molecular weight is 300 g/mol. The molecule has 2 atom stereocenters. The van der Waals surface area contributed by atoms with Gasteiger partial charge in [-0.05, 0) is 17.7 Å². The lowest BCUT2D eigenvalue weighted by Crippen LogP contribution is -2.28. The summed E-state index contributed by atoms with van der Waals surface area (Å²) in [6.07, 6.45) is 3.81. The number of hydrogen-bond acceptors (Lipinski definition) is 4. The Morgan fingerprint density at radius 1 is 1.45 bits per heavy atom. The predicted octanol–water partition coefficient (Wildman–Crippen LogP) is 1.37. The Morgan fingerprint density at radius 2 is 2.32 bits per heavy atom. The molecule has 1 aromatic heterocycles. The summed E-state index contributed by atoms with van der Waals surface area (Å²) < 4.78 is 6.95. The van der Waals surface area contributed by atoms with Crippen LogP contribution < -0.4 is 15.4 Å². The highest BCUT2D eigenvalue weighted by Gasteiger charge is 2.34. The molecule has 1 amide bonds. The molecule has 1 aromatic carbocycles. The van der Waals surface area contributed by atoms with Gasteiger partial charge in [0.25, 0.3) is 0 Å². The van der Waals surface area contributed by atoms with E-state index in [2.05, 4.69) is 15.7 Å². The van der Waals surface area contributed by atoms with Crippen LogP contribution in [-0.4, -0.2) is 35.9 Å². The van der Waals surface area contributed by atoms with Crippen LogP contribution in [0.3, 0.4) is 0 Å². The molecule has 1 fully saturated rings. The van der Waals surface area contributed by atoms with Crippen LogP contribution in [0.5, 0.6) is 5.75 Å². The lowest BCUT2D eigenvalue weighted by molar-refractivity contribution is -0.119. The maximum Gasteiger partial charge on any atom is 0.229 e. The molecule has 2 aromatic rings. The summed E-state index contributed by atoms with van der Waals surface area (Å²) in [5.41, 5.74) is 1.85. The summed E-state index contributed by atoms with van der Waals surface area (Å²) in [6, 6.07) is 7.40. The van der Waals surface area contributed by atoms with E-state index in [9.17, 15) is 4.79 Å². The number of aromatic nitrogens is 2. The Balaban J connectivity index is 1.73. The highest BCUT2D eigenvalue weighted by atomic mass is 16.5. The largest absolute Gasteiger partial charge is 0.497 e. The second-order valence-electron chi connectivity index (χ2n) is 5.54. The minimum atomic E-state index is -0.101. The first-order valence-corrected chi connectivity index (χ1v) is 7.31. The van der Waals surface area contributed by atoms with Crippen LogP contribution in [0.25, 0.3) is 0 Å². The third-order valence-corrected chi connectivity index (χ3v) is 4.04. The van der Waals surface area contributed by atoms with Crippen molar-refractivity contribution in [1.82, 2.24) is 15.1 Å². The van der Waals surface area contributed by atoms with Gasteiger partial charge in [0.05, 0.1) is 19.2 Å². The first-order chi connectivity index (χ1) is 10.7. The van der Waals surface area contributed by atoms with Crippen molar-refractivity contribution in [3.8, 4) is 5.75 Å². The van der Waals surface area contributed by atoms with Gasteiger partial charge in [0, 0.05) is 44.0 Å². The van der Waals surface area contributed by atoms with E-state index in [4.69, 9.17) is 4.74 Å². The molecular formula is C16H20N4O2. The van der Waals surface area contributed by atoms with Gasteiger partial charge in [-0.1, -0.05) is 6.07 Å². The van der Waals surface area contributed by atoms with Gasteiger partial charge in [-0.3, -0.25) is 9.48 Å². The third-order valence-electron chi connectivity index (χ3n) is 4.04. The molecule has 1 aliphatic rings. The molecule has 3 rings (SSSR count). The SMILES string of the molecule is COc1cccc(NC(=O)[C@H]2CNC[C@@H]2c2cnn(C)c2)c1. The van der Waals surface area contributed by atoms with Crippen LogP contribution in [-0.2, 0) is 11.8 Å². The molecule has 0 unspecified atom stereocenters. The van der Waals surface area contributed by atoms with Crippen molar-refractivity contribution in [3.63, 3.8) is 0 Å². The molecule has 116 valence electrons. The molecular weight excluding hydrogens is 280 g/mol. The Bertz CT molecular complexity index is 668. The minimum Gasteiger partial charge on any atom is -0.497 e. The molecule has 0 saturated carbocycles. The molecule has 0 bridgehead atoms. The van der Waals surface area contributed by atoms with Gasteiger partial charge >= 0.3 is 0 Å². The number of carbonyl (C=O) groups is 1. The summed E-state index contributed by atoms with van der Waals surface area (Å²) in [5.74, 6) is 0.799. The molecule has 1 saturated heterocycles. The van der Waals surface area contributed by atoms with Gasteiger partial charge in [-0.25, -0.2) is 0 Å². The number of nitrogens with one attached hydrogen (secondary N) is 2. The molecule has 0 aliphatic carbocycles. The van der Waals surface area contributed by atoms with E-state index in [-0.39, 0.29) is 17.7 Å². The monoisotopic (exact) mass is 300 g/mol. The number of amides is 1. The number of rotatable bonds is 4. The molecule has 6 heteroatoms. The zero-order valence-corrected chi connectivity index (χ0v) is 12.7. The lowest BCUT2D eigenvalue weighted by atomic mass is 9.90. The average Bonchev–Trinajstić information content (AvgIpc) is 3.15. The van der Waals surface area contributed by atoms with Crippen LogP contribution in [0.15, 0.2) is 36.7 Å². The lowest BCUT2D eigenvalue weighted by Gasteiger charge is -2.17. The van der Waals surface area contributed by atoms with Crippen molar-refractivity contribution in [3.05, 3.63) is 42.2 Å². The summed E-state index contributed by atoms with van der Waals surface area (Å²) in [6.45, 7) is 1.47. The minimum absolute atomic E-state index is 0.0205. The first kappa shape index (κ1) is 14.6. The number of hydrogen-bond donors (Lipinski definition) is 2. The number of benzene rings is 1. The van der Waals surface area contributed by atoms with Crippen molar-refractivity contribution >= 4 is 11.6 Å². The standard InChI is InChI=1S/C16H20N4O2/c1-20-10-11(7-18-20)14-8-17-9-15(14)16(21)19-12-4-3-5-13(6-12)22-2/h3-7,10,14-15,17H,8-9H2,1-2H3,(H,19,21)/t14-,15+/m1/s1. The fourth-order valence-corrected chi connectivity index (χ4v) is 2.87. The van der Waals surface area contributed by atoms with E-state index in [1.165, 1.54) is 0 Å². The summed E-state index contributed by atoms with van der Waals surface area (Å²) in [5, 5.41) is 10.5. The fourth-order valence-electron chi connectivity index (χ4n) is 2.87. The van der Waals surface area contributed by atoms with Crippen molar-refractivity contribution in [2.24, 2.45) is 13.0 Å². The highest BCUT2D eigenvalue weighted by Crippen LogP contribution is 2.29. The van der Waals surface area contributed by atoms with E-state index >= 15 is 0 Å². The van der Waals surface area contributed by atoms with Crippen molar-refractivity contribution < 1.29 is 9.53 Å². The van der Waals surface area contributed by atoms with Crippen LogP contribution in [0, 0.1) is 5.92 Å². The van der Waals surface area contributed by atoms with E-state index in [1.807, 2.05) is 43.7 Å². The molecule has 0 radical (unpaired) electrons. The normalized spacial score (nSPS) is 20.8. The molecule has 0 spiro atoms. The highest BCUT2D eigenvalue weighted by molar-refractivity contribution is 5.93. The second kappa shape index (κ2) is 6.19. The number of nitrogens with zero attached hydrogens (tertiary/aromatic N) is 2. The smallest absolute Gasteiger partial charge is 0.229 e. The maximum atomic E-state index is 12.6. The molecule has 2 heterocycles. The molecule has 1 aliphatic heterocycles. The van der Waals surface area contributed by atoms with Crippen LogP contribution in [0.1, 0.15) is 11.5 Å². The Labute approximate surface area is 129 Å². The Kier molecular flexibility index (Phi) is 4.11. The Morgan fingerprint density at radius 3 is 3.05 bits per heavy atom. The van der Waals surface area contributed by atoms with E-state index in [1.54, 1.807) is 11.8 Å². The van der Waals surface area contributed by atoms with Gasteiger partial charge < -0.3 is 15.4 Å². The topological polar surface area (TPSA) is 68.2 Å². The third kappa shape index (κ3) is 2.96. The van der Waals surface area contributed by atoms with Gasteiger partial charge in [0.2, 0.25) is 5.91 Å². The molecule has 22 heavy (non-hydrogen) atoms. The Hall–Kier alpha value is -2.34. The van der Waals surface area contributed by atoms with E-state index < -0.39 is 0 Å². The van der Waals surface area contributed by atoms with E-state index in [0.29, 0.717) is 6.54 Å². The van der Waals surface area contributed by atoms with Crippen molar-refractivity contribution in [2.45, 2.75) is 5.92 Å². The number of aryl methyl sites for hydroxylation is 1. The second-order valence-corrected chi connectivity index (χ2v) is 5.54. The summed E-state index contributed by atoms with van der Waals surface area (Å²) in [4.78, 5) is 12.6. The van der Waals surface area contributed by atoms with Gasteiger partial charge in [0.1, 0.15) is 5.75 Å². The molecule has 6 nitrogen and oxygen atoms in total. The van der Waals surface area contributed by atoms with Crippen molar-refractivity contribution in [1.29, 1.82) is 0 Å². The van der Waals surface area contributed by atoms with Gasteiger partial charge in [0.15, 0.2) is 0 Å². The quantitative estimate of drug-likeness (QED) is 0.895. The zero-order valence-electron chi connectivity index (χ0n) is 12.7. The van der Waals surface area contributed by atoms with Gasteiger partial charge in [-0.2, -0.15) is 5.10 Å². The van der Waals surface area contributed by atoms with Crippen LogP contribution >= 0.6 is 0 Å². The fraction of sp³-hybridized carbons (Fsp3) is 0.375. The number of methoxy groups -OCH3 is 1. The first-order valence-electron chi connectivity index (χ1n) is 7.31. The number of carbonyl (C=O) groups excluding carboxylic acids is 1. The predicted molar refractivity (Wildman–Crippen MR) is 83.9 cm³/mol. The summed E-state index contributed by atoms with van der Waals surface area (Å²) >= 11 is 0. The van der Waals surface area contributed by atoms with Crippen molar-refractivity contribution in [2.75, 3.05) is 25.5 Å². The number of anilines is 1. The van der Waals surface area contributed by atoms with Crippen LogP contribution in [0.2, 0.25) is 0 Å². The van der Waals surface area contributed by atoms with Crippen LogP contribution in [0.4, 0.5) is 5.69 Å². The van der Waals surface area contributed by atoms with Gasteiger partial charge in [-0.15, -0.1) is 0 Å². The molecule has 2 N–H and O–H groups in total. The van der Waals surface area contributed by atoms with E-state index in [0.717, 1.165) is 23.5 Å². The maximum absolute atomic E-state index is 12.6. The number of ether oxygens (including phenoxy) is 1. The summed E-state index contributed by atoms with van der Waals surface area (Å²) in [7, 11) is 3.50. The zero-order chi connectivity index (χ0) is 15.5.